The van der Waals surface area contributed by atoms with Crippen molar-refractivity contribution in [2.45, 2.75) is 149 Å². The molecule has 0 aromatic carbocycles. The maximum Gasteiger partial charge on any atom is 0.133 e. The Morgan fingerprint density at radius 3 is 1.50 bits per heavy atom. The fraction of sp³-hybridized carbons (Fsp3) is 0.857. The molecule has 0 aliphatic carbocycles. The van der Waals surface area contributed by atoms with Gasteiger partial charge in [0, 0.05) is 4.88 Å². The summed E-state index contributed by atoms with van der Waals surface area (Å²) in [5.41, 5.74) is 0. The number of aryl methyl sites for hydroxylation is 1. The van der Waals surface area contributed by atoms with Crippen LogP contribution in [0.4, 0.5) is 0 Å². The third kappa shape index (κ3) is 16.2. The van der Waals surface area contributed by atoms with Gasteiger partial charge in [0.2, 0.25) is 0 Å². The summed E-state index contributed by atoms with van der Waals surface area (Å²) in [5.74, 6) is 1.17. The topological polar surface area (TPSA) is 9.23 Å². The van der Waals surface area contributed by atoms with E-state index in [9.17, 15) is 0 Å². The molecule has 0 radical (unpaired) electrons. The van der Waals surface area contributed by atoms with E-state index in [1.54, 1.807) is 0 Å². The van der Waals surface area contributed by atoms with Crippen LogP contribution < -0.4 is 4.74 Å². The third-order valence-corrected chi connectivity index (χ3v) is 7.18. The van der Waals surface area contributed by atoms with E-state index in [4.69, 9.17) is 4.74 Å². The summed E-state index contributed by atoms with van der Waals surface area (Å²) in [4.78, 5) is 1.47. The van der Waals surface area contributed by atoms with Gasteiger partial charge in [0.1, 0.15) is 5.75 Å². The molecule has 0 unspecified atom stereocenters. The average molecular weight is 437 g/mol. The number of hydrogen-bond donors (Lipinski definition) is 0. The smallest absolute Gasteiger partial charge is 0.133 e. The molecule has 1 rings (SSSR count). The number of thiophene rings is 1. The fourth-order valence-electron chi connectivity index (χ4n) is 4.18. The van der Waals surface area contributed by atoms with E-state index in [1.807, 2.05) is 11.3 Å². The molecule has 0 bridgehead atoms. The highest BCUT2D eigenvalue weighted by atomic mass is 32.1. The molecular weight excluding hydrogens is 384 g/mol. The number of unbranched alkanes of at least 4 members (excludes halogenated alkanes) is 18. The van der Waals surface area contributed by atoms with Crippen LogP contribution in [-0.2, 0) is 6.42 Å². The first kappa shape index (κ1) is 27.5. The first-order valence-corrected chi connectivity index (χ1v) is 14.5. The van der Waals surface area contributed by atoms with E-state index < -0.39 is 0 Å². The summed E-state index contributed by atoms with van der Waals surface area (Å²) in [7, 11) is 0. The van der Waals surface area contributed by atoms with Crippen molar-refractivity contribution in [2.75, 3.05) is 6.61 Å². The van der Waals surface area contributed by atoms with Gasteiger partial charge in [-0.05, 0) is 30.7 Å². The van der Waals surface area contributed by atoms with E-state index in [-0.39, 0.29) is 0 Å². The third-order valence-electron chi connectivity index (χ3n) is 6.22. The summed E-state index contributed by atoms with van der Waals surface area (Å²) in [6.45, 7) is 5.49. The maximum absolute atomic E-state index is 6.10. The number of rotatable bonds is 23. The molecule has 1 aromatic heterocycles. The largest absolute Gasteiger partial charge is 0.492 e. The molecule has 0 saturated carbocycles. The number of hydrogen-bond acceptors (Lipinski definition) is 2. The highest BCUT2D eigenvalue weighted by molar-refractivity contribution is 7.10. The summed E-state index contributed by atoms with van der Waals surface area (Å²) < 4.78 is 6.10. The molecule has 0 saturated heterocycles. The van der Waals surface area contributed by atoms with Gasteiger partial charge in [0.25, 0.3) is 0 Å². The minimum absolute atomic E-state index is 0.901. The van der Waals surface area contributed by atoms with E-state index in [1.165, 1.54) is 145 Å². The molecule has 176 valence electrons. The zero-order valence-corrected chi connectivity index (χ0v) is 21.3. The second-order valence-electron chi connectivity index (χ2n) is 9.17. The van der Waals surface area contributed by atoms with Crippen LogP contribution >= 0.6 is 11.3 Å². The molecule has 1 heterocycles. The summed E-state index contributed by atoms with van der Waals surface area (Å²) in [5, 5.41) is 2.21. The van der Waals surface area contributed by atoms with Gasteiger partial charge in [-0.2, -0.15) is 0 Å². The zero-order chi connectivity index (χ0) is 21.5. The minimum Gasteiger partial charge on any atom is -0.492 e. The van der Waals surface area contributed by atoms with Gasteiger partial charge >= 0.3 is 0 Å². The van der Waals surface area contributed by atoms with Crippen molar-refractivity contribution in [3.05, 3.63) is 16.3 Å². The van der Waals surface area contributed by atoms with Crippen LogP contribution in [0.25, 0.3) is 0 Å². The van der Waals surface area contributed by atoms with Crippen LogP contribution in [0.5, 0.6) is 5.75 Å². The van der Waals surface area contributed by atoms with Crippen molar-refractivity contribution in [3.63, 3.8) is 0 Å². The normalized spacial score (nSPS) is 11.3. The van der Waals surface area contributed by atoms with Crippen LogP contribution in [0, 0.1) is 0 Å². The van der Waals surface area contributed by atoms with Gasteiger partial charge in [0.05, 0.1) is 6.61 Å². The van der Waals surface area contributed by atoms with Crippen molar-refractivity contribution >= 4 is 11.3 Å². The molecule has 0 amide bonds. The second-order valence-corrected chi connectivity index (χ2v) is 10.2. The van der Waals surface area contributed by atoms with E-state index >= 15 is 0 Å². The predicted octanol–water partition coefficient (Wildman–Crippen LogP) is 10.5. The quantitative estimate of drug-likeness (QED) is 0.155. The lowest BCUT2D eigenvalue weighted by Gasteiger charge is -2.08. The van der Waals surface area contributed by atoms with Gasteiger partial charge in [-0.3, -0.25) is 0 Å². The van der Waals surface area contributed by atoms with Crippen LogP contribution in [0.2, 0.25) is 0 Å². The Morgan fingerprint density at radius 1 is 0.567 bits per heavy atom. The molecule has 1 aromatic rings. The van der Waals surface area contributed by atoms with Crippen LogP contribution in [0.15, 0.2) is 11.4 Å². The molecule has 1 nitrogen and oxygen atoms in total. The molecule has 0 aliphatic heterocycles. The fourth-order valence-corrected chi connectivity index (χ4v) is 5.05. The summed E-state index contributed by atoms with van der Waals surface area (Å²) in [6, 6.07) is 2.19. The molecule has 30 heavy (non-hydrogen) atoms. The lowest BCUT2D eigenvalue weighted by atomic mass is 10.1. The van der Waals surface area contributed by atoms with Crippen LogP contribution in [0.3, 0.4) is 0 Å². The standard InChI is InChI=1S/C28H52OS/c1-3-5-7-9-11-13-15-17-19-21-23-28-27(24-26-30-28)29-25-22-20-18-16-14-12-10-8-6-4-2/h24,26H,3-23,25H2,1-2H3. The Bertz CT molecular complexity index is 453. The van der Waals surface area contributed by atoms with Crippen molar-refractivity contribution in [1.82, 2.24) is 0 Å². The summed E-state index contributed by atoms with van der Waals surface area (Å²) in [6.07, 6.45) is 29.2. The van der Waals surface area contributed by atoms with Crippen molar-refractivity contribution in [3.8, 4) is 5.75 Å². The summed E-state index contributed by atoms with van der Waals surface area (Å²) >= 11 is 1.89. The van der Waals surface area contributed by atoms with Crippen molar-refractivity contribution in [2.24, 2.45) is 0 Å². The lowest BCUT2D eigenvalue weighted by Crippen LogP contribution is -1.98. The van der Waals surface area contributed by atoms with E-state index in [0.29, 0.717) is 0 Å². The van der Waals surface area contributed by atoms with Crippen LogP contribution in [-0.4, -0.2) is 6.61 Å². The predicted molar refractivity (Wildman–Crippen MR) is 137 cm³/mol. The van der Waals surface area contributed by atoms with Gasteiger partial charge in [0.15, 0.2) is 0 Å². The Morgan fingerprint density at radius 2 is 1.00 bits per heavy atom. The SMILES string of the molecule is CCCCCCCCCCCCOc1ccsc1CCCCCCCCCCCC. The molecule has 0 fully saturated rings. The van der Waals surface area contributed by atoms with Gasteiger partial charge in [-0.25, -0.2) is 0 Å². The first-order valence-electron chi connectivity index (χ1n) is 13.6. The molecule has 0 atom stereocenters. The Hall–Kier alpha value is -0.500. The Labute approximate surface area is 193 Å². The van der Waals surface area contributed by atoms with Crippen molar-refractivity contribution in [1.29, 1.82) is 0 Å². The molecule has 2 heteroatoms. The maximum atomic E-state index is 6.10. The molecule has 0 N–H and O–H groups in total. The second kappa shape index (κ2) is 21.7. The number of ether oxygens (including phenoxy) is 1. The molecule has 0 aliphatic rings. The zero-order valence-electron chi connectivity index (χ0n) is 20.5. The van der Waals surface area contributed by atoms with Crippen molar-refractivity contribution < 1.29 is 4.74 Å². The molecular formula is C28H52OS. The minimum atomic E-state index is 0.901. The first-order chi connectivity index (χ1) is 14.9. The Balaban J connectivity index is 1.92. The van der Waals surface area contributed by atoms with Gasteiger partial charge in [-0.1, -0.05) is 129 Å². The van der Waals surface area contributed by atoms with E-state index in [2.05, 4.69) is 25.3 Å². The van der Waals surface area contributed by atoms with Gasteiger partial charge in [-0.15, -0.1) is 11.3 Å². The highest BCUT2D eigenvalue weighted by Crippen LogP contribution is 2.27. The lowest BCUT2D eigenvalue weighted by molar-refractivity contribution is 0.302. The molecule has 0 spiro atoms. The van der Waals surface area contributed by atoms with Crippen LogP contribution in [0.1, 0.15) is 147 Å². The Kier molecular flexibility index (Phi) is 19.9. The highest BCUT2D eigenvalue weighted by Gasteiger charge is 2.05. The van der Waals surface area contributed by atoms with Gasteiger partial charge < -0.3 is 4.74 Å². The van der Waals surface area contributed by atoms with E-state index in [0.717, 1.165) is 6.61 Å². The monoisotopic (exact) mass is 436 g/mol. The average Bonchev–Trinajstić information content (AvgIpc) is 3.20.